The van der Waals surface area contributed by atoms with Gasteiger partial charge in [0.05, 0.1) is 6.10 Å². The van der Waals surface area contributed by atoms with Gasteiger partial charge in [-0.1, -0.05) is 12.1 Å². The lowest BCUT2D eigenvalue weighted by atomic mass is 10.0. The summed E-state index contributed by atoms with van der Waals surface area (Å²) in [5.74, 6) is -0.369. The van der Waals surface area contributed by atoms with Crippen LogP contribution in [-0.2, 0) is 4.79 Å². The summed E-state index contributed by atoms with van der Waals surface area (Å²) in [6.45, 7) is 5.42. The second-order valence-corrected chi connectivity index (χ2v) is 4.79. The molecule has 0 radical (unpaired) electrons. The van der Waals surface area contributed by atoms with E-state index < -0.39 is 6.10 Å². The van der Waals surface area contributed by atoms with Crippen molar-refractivity contribution < 1.29 is 14.3 Å². The highest BCUT2D eigenvalue weighted by molar-refractivity contribution is 5.76. The third-order valence-electron chi connectivity index (χ3n) is 2.66. The zero-order valence-corrected chi connectivity index (χ0v) is 11.0. The molecule has 3 nitrogen and oxygen atoms in total. The van der Waals surface area contributed by atoms with E-state index in [-0.39, 0.29) is 24.2 Å². The van der Waals surface area contributed by atoms with Crippen molar-refractivity contribution in [1.82, 2.24) is 5.32 Å². The van der Waals surface area contributed by atoms with Crippen LogP contribution in [-0.4, -0.2) is 17.1 Å². The van der Waals surface area contributed by atoms with Gasteiger partial charge in [0.2, 0.25) is 5.91 Å². The minimum atomic E-state index is -0.734. The first-order valence-corrected chi connectivity index (χ1v) is 6.13. The van der Waals surface area contributed by atoms with E-state index in [1.165, 1.54) is 6.07 Å². The van der Waals surface area contributed by atoms with Gasteiger partial charge in [-0.3, -0.25) is 4.79 Å². The van der Waals surface area contributed by atoms with E-state index in [1.54, 1.807) is 19.1 Å². The predicted octanol–water partition coefficient (Wildman–Crippen LogP) is 2.47. The standard InChI is InChI=1S/C14H20FNO2/c1-9(2)16-14(18)7-6-13(17)11-4-5-12(15)10(3)8-11/h4-5,8-9,13,17H,6-7H2,1-3H3,(H,16,18). The number of benzene rings is 1. The van der Waals surface area contributed by atoms with Gasteiger partial charge in [0, 0.05) is 12.5 Å². The number of aryl methyl sites for hydroxylation is 1. The molecule has 0 aromatic heterocycles. The Bertz CT molecular complexity index is 418. The molecule has 0 saturated carbocycles. The lowest BCUT2D eigenvalue weighted by molar-refractivity contribution is -0.122. The molecule has 0 aliphatic rings. The van der Waals surface area contributed by atoms with Crippen LogP contribution in [0, 0.1) is 12.7 Å². The van der Waals surface area contributed by atoms with Crippen LogP contribution in [0.1, 0.15) is 43.9 Å². The number of halogens is 1. The molecule has 1 amide bonds. The maximum atomic E-state index is 13.1. The Balaban J connectivity index is 2.52. The molecule has 0 saturated heterocycles. The van der Waals surface area contributed by atoms with Crippen molar-refractivity contribution in [2.75, 3.05) is 0 Å². The lowest BCUT2D eigenvalue weighted by Gasteiger charge is -2.13. The van der Waals surface area contributed by atoms with Gasteiger partial charge in [0.1, 0.15) is 5.82 Å². The Morgan fingerprint density at radius 2 is 2.11 bits per heavy atom. The number of rotatable bonds is 5. The number of aliphatic hydroxyl groups excluding tert-OH is 1. The zero-order chi connectivity index (χ0) is 13.7. The summed E-state index contributed by atoms with van der Waals surface area (Å²) in [7, 11) is 0. The summed E-state index contributed by atoms with van der Waals surface area (Å²) in [6.07, 6.45) is -0.137. The summed E-state index contributed by atoms with van der Waals surface area (Å²) < 4.78 is 13.1. The molecular formula is C14H20FNO2. The number of carbonyl (C=O) groups excluding carboxylic acids is 1. The number of amides is 1. The van der Waals surface area contributed by atoms with Crippen molar-refractivity contribution >= 4 is 5.91 Å². The molecule has 1 aromatic carbocycles. The molecule has 1 unspecified atom stereocenters. The van der Waals surface area contributed by atoms with Gasteiger partial charge in [0.15, 0.2) is 0 Å². The minimum Gasteiger partial charge on any atom is -0.388 e. The van der Waals surface area contributed by atoms with Gasteiger partial charge in [-0.2, -0.15) is 0 Å². The van der Waals surface area contributed by atoms with E-state index in [9.17, 15) is 14.3 Å². The average molecular weight is 253 g/mol. The lowest BCUT2D eigenvalue weighted by Crippen LogP contribution is -2.30. The van der Waals surface area contributed by atoms with Gasteiger partial charge >= 0.3 is 0 Å². The van der Waals surface area contributed by atoms with Crippen LogP contribution < -0.4 is 5.32 Å². The van der Waals surface area contributed by atoms with Gasteiger partial charge in [-0.25, -0.2) is 4.39 Å². The van der Waals surface area contributed by atoms with Crippen LogP contribution >= 0.6 is 0 Å². The summed E-state index contributed by atoms with van der Waals surface area (Å²) in [5.41, 5.74) is 1.14. The second kappa shape index (κ2) is 6.50. The monoisotopic (exact) mass is 253 g/mol. The Morgan fingerprint density at radius 1 is 1.44 bits per heavy atom. The van der Waals surface area contributed by atoms with Crippen LogP contribution in [0.5, 0.6) is 0 Å². The van der Waals surface area contributed by atoms with Gasteiger partial charge in [0.25, 0.3) is 0 Å². The molecule has 0 aliphatic heterocycles. The molecule has 0 fully saturated rings. The smallest absolute Gasteiger partial charge is 0.220 e. The summed E-state index contributed by atoms with van der Waals surface area (Å²) in [5, 5.41) is 12.7. The van der Waals surface area contributed by atoms with Crippen molar-refractivity contribution in [3.8, 4) is 0 Å². The minimum absolute atomic E-state index is 0.0807. The average Bonchev–Trinajstić information content (AvgIpc) is 2.28. The highest BCUT2D eigenvalue weighted by Crippen LogP contribution is 2.20. The summed E-state index contributed by atoms with van der Waals surface area (Å²) in [4.78, 5) is 11.4. The number of carbonyl (C=O) groups is 1. The highest BCUT2D eigenvalue weighted by Gasteiger charge is 2.12. The van der Waals surface area contributed by atoms with Crippen molar-refractivity contribution in [2.24, 2.45) is 0 Å². The normalized spacial score (nSPS) is 12.6. The van der Waals surface area contributed by atoms with Crippen LogP contribution in [0.25, 0.3) is 0 Å². The third kappa shape index (κ3) is 4.45. The van der Waals surface area contributed by atoms with Crippen molar-refractivity contribution in [1.29, 1.82) is 0 Å². The molecule has 0 spiro atoms. The predicted molar refractivity (Wildman–Crippen MR) is 68.6 cm³/mol. The van der Waals surface area contributed by atoms with Gasteiger partial charge in [-0.15, -0.1) is 0 Å². The molecule has 1 rings (SSSR count). The fourth-order valence-corrected chi connectivity index (χ4v) is 1.70. The Labute approximate surface area is 107 Å². The van der Waals surface area contributed by atoms with Gasteiger partial charge in [-0.05, 0) is 44.4 Å². The first-order chi connectivity index (χ1) is 8.40. The summed E-state index contributed by atoms with van der Waals surface area (Å²) in [6, 6.07) is 4.60. The summed E-state index contributed by atoms with van der Waals surface area (Å²) >= 11 is 0. The third-order valence-corrected chi connectivity index (χ3v) is 2.66. The van der Waals surface area contributed by atoms with E-state index in [0.29, 0.717) is 17.5 Å². The van der Waals surface area contributed by atoms with Crippen LogP contribution in [0.4, 0.5) is 4.39 Å². The van der Waals surface area contributed by atoms with E-state index in [4.69, 9.17) is 0 Å². The quantitative estimate of drug-likeness (QED) is 0.847. The molecular weight excluding hydrogens is 233 g/mol. The number of aliphatic hydroxyl groups is 1. The largest absolute Gasteiger partial charge is 0.388 e. The number of hydrogen-bond acceptors (Lipinski definition) is 2. The molecule has 100 valence electrons. The Kier molecular flexibility index (Phi) is 5.28. The molecule has 0 aliphatic carbocycles. The van der Waals surface area contributed by atoms with E-state index in [1.807, 2.05) is 13.8 Å². The van der Waals surface area contributed by atoms with Crippen LogP contribution in [0.2, 0.25) is 0 Å². The zero-order valence-electron chi connectivity index (χ0n) is 11.0. The molecule has 0 heterocycles. The second-order valence-electron chi connectivity index (χ2n) is 4.79. The Hall–Kier alpha value is -1.42. The Morgan fingerprint density at radius 3 is 2.67 bits per heavy atom. The molecule has 18 heavy (non-hydrogen) atoms. The molecule has 4 heteroatoms. The van der Waals surface area contributed by atoms with Crippen molar-refractivity contribution in [3.63, 3.8) is 0 Å². The number of hydrogen-bond donors (Lipinski definition) is 2. The van der Waals surface area contributed by atoms with Crippen LogP contribution in [0.15, 0.2) is 18.2 Å². The molecule has 1 atom stereocenters. The van der Waals surface area contributed by atoms with Gasteiger partial charge < -0.3 is 10.4 Å². The fourth-order valence-electron chi connectivity index (χ4n) is 1.70. The van der Waals surface area contributed by atoms with E-state index >= 15 is 0 Å². The highest BCUT2D eigenvalue weighted by atomic mass is 19.1. The molecule has 0 bridgehead atoms. The van der Waals surface area contributed by atoms with Crippen LogP contribution in [0.3, 0.4) is 0 Å². The van der Waals surface area contributed by atoms with Crippen molar-refractivity contribution in [3.05, 3.63) is 35.1 Å². The maximum absolute atomic E-state index is 13.1. The van der Waals surface area contributed by atoms with Crippen molar-refractivity contribution in [2.45, 2.75) is 45.8 Å². The first kappa shape index (κ1) is 14.6. The topological polar surface area (TPSA) is 49.3 Å². The maximum Gasteiger partial charge on any atom is 0.220 e. The fraction of sp³-hybridized carbons (Fsp3) is 0.500. The number of nitrogens with one attached hydrogen (secondary N) is 1. The molecule has 2 N–H and O–H groups in total. The SMILES string of the molecule is Cc1cc(C(O)CCC(=O)NC(C)C)ccc1F. The van der Waals surface area contributed by atoms with E-state index in [2.05, 4.69) is 5.32 Å². The molecule has 1 aromatic rings. The first-order valence-electron chi connectivity index (χ1n) is 6.13. The van der Waals surface area contributed by atoms with E-state index in [0.717, 1.165) is 0 Å².